The molecule has 0 aliphatic heterocycles. The summed E-state index contributed by atoms with van der Waals surface area (Å²) in [6, 6.07) is 8.08. The lowest BCUT2D eigenvalue weighted by Crippen LogP contribution is -2.44. The number of hydrogen-bond acceptors (Lipinski definition) is 3. The minimum atomic E-state index is -0.183. The molecular weight excluding hydrogens is 288 g/mol. The third-order valence-electron chi connectivity index (χ3n) is 4.08. The zero-order valence-corrected chi connectivity index (χ0v) is 13.6. The highest BCUT2D eigenvalue weighted by molar-refractivity contribution is 5.85. The van der Waals surface area contributed by atoms with Gasteiger partial charge in [-0.15, -0.1) is 12.4 Å². The highest BCUT2D eigenvalue weighted by Crippen LogP contribution is 2.39. The molecule has 1 aliphatic rings. The molecule has 4 nitrogen and oxygen atoms in total. The predicted molar refractivity (Wildman–Crippen MR) is 87.1 cm³/mol. The first-order chi connectivity index (χ1) is 9.70. The van der Waals surface area contributed by atoms with E-state index in [0.717, 1.165) is 18.6 Å². The topological polar surface area (TPSA) is 50.4 Å². The third-order valence-corrected chi connectivity index (χ3v) is 4.08. The van der Waals surface area contributed by atoms with Gasteiger partial charge >= 0.3 is 0 Å². The number of carbonyl (C=O) groups excluding carboxylic acids is 1. The highest BCUT2D eigenvalue weighted by atomic mass is 35.5. The minimum absolute atomic E-state index is 0. The molecule has 118 valence electrons. The van der Waals surface area contributed by atoms with Gasteiger partial charge in [0.05, 0.1) is 12.6 Å². The van der Waals surface area contributed by atoms with Crippen LogP contribution in [0.3, 0.4) is 0 Å². The van der Waals surface area contributed by atoms with E-state index in [2.05, 4.69) is 22.8 Å². The van der Waals surface area contributed by atoms with Gasteiger partial charge in [-0.2, -0.15) is 0 Å². The molecule has 1 aliphatic carbocycles. The second-order valence-electron chi connectivity index (χ2n) is 5.42. The number of benzene rings is 1. The van der Waals surface area contributed by atoms with E-state index < -0.39 is 0 Å². The standard InChI is InChI=1S/C16H24N2O2.ClH/c1-17-12-9-15(19)18-16(10-3-4-11-16)13-5-7-14(20-2)8-6-13;/h5-8,17H,3-4,9-12H2,1-2H3,(H,18,19);1H. The quantitative estimate of drug-likeness (QED) is 0.849. The van der Waals surface area contributed by atoms with E-state index in [4.69, 9.17) is 4.74 Å². The first-order valence-corrected chi connectivity index (χ1v) is 7.30. The highest BCUT2D eigenvalue weighted by Gasteiger charge is 2.36. The van der Waals surface area contributed by atoms with Crippen molar-refractivity contribution in [3.05, 3.63) is 29.8 Å². The van der Waals surface area contributed by atoms with E-state index >= 15 is 0 Å². The Kier molecular flexibility index (Phi) is 6.99. The monoisotopic (exact) mass is 312 g/mol. The number of nitrogens with one attached hydrogen (secondary N) is 2. The Hall–Kier alpha value is -1.26. The summed E-state index contributed by atoms with van der Waals surface area (Å²) >= 11 is 0. The number of hydrogen-bond donors (Lipinski definition) is 2. The molecule has 0 radical (unpaired) electrons. The lowest BCUT2D eigenvalue weighted by molar-refractivity contribution is -0.123. The van der Waals surface area contributed by atoms with Gasteiger partial charge in [-0.3, -0.25) is 4.79 Å². The number of amides is 1. The molecule has 21 heavy (non-hydrogen) atoms. The van der Waals surface area contributed by atoms with E-state index in [9.17, 15) is 4.79 Å². The van der Waals surface area contributed by atoms with Gasteiger partial charge in [-0.25, -0.2) is 0 Å². The van der Waals surface area contributed by atoms with Gasteiger partial charge in [0.1, 0.15) is 5.75 Å². The van der Waals surface area contributed by atoms with Crippen molar-refractivity contribution in [3.8, 4) is 5.75 Å². The van der Waals surface area contributed by atoms with Crippen molar-refractivity contribution in [2.75, 3.05) is 20.7 Å². The maximum absolute atomic E-state index is 12.1. The second-order valence-corrected chi connectivity index (χ2v) is 5.42. The van der Waals surface area contributed by atoms with Gasteiger partial charge < -0.3 is 15.4 Å². The van der Waals surface area contributed by atoms with Gasteiger partial charge in [-0.05, 0) is 37.6 Å². The molecular formula is C16H25ClN2O2. The molecule has 2 N–H and O–H groups in total. The van der Waals surface area contributed by atoms with Crippen molar-refractivity contribution in [2.24, 2.45) is 0 Å². The van der Waals surface area contributed by atoms with Gasteiger partial charge in [0.25, 0.3) is 0 Å². The number of rotatable bonds is 6. The lowest BCUT2D eigenvalue weighted by atomic mass is 9.88. The van der Waals surface area contributed by atoms with Crippen LogP contribution >= 0.6 is 12.4 Å². The van der Waals surface area contributed by atoms with Crippen molar-refractivity contribution in [2.45, 2.75) is 37.6 Å². The van der Waals surface area contributed by atoms with Crippen LogP contribution in [0.15, 0.2) is 24.3 Å². The Balaban J connectivity index is 0.00000220. The van der Waals surface area contributed by atoms with Crippen LogP contribution < -0.4 is 15.4 Å². The smallest absolute Gasteiger partial charge is 0.221 e. The minimum Gasteiger partial charge on any atom is -0.497 e. The first kappa shape index (κ1) is 17.8. The molecule has 0 aromatic heterocycles. The van der Waals surface area contributed by atoms with E-state index in [1.54, 1.807) is 7.11 Å². The van der Waals surface area contributed by atoms with Gasteiger partial charge in [0.2, 0.25) is 5.91 Å². The third kappa shape index (κ3) is 4.35. The Bertz CT molecular complexity index is 442. The van der Waals surface area contributed by atoms with Crippen molar-refractivity contribution in [3.63, 3.8) is 0 Å². The molecule has 0 unspecified atom stereocenters. The summed E-state index contributed by atoms with van der Waals surface area (Å²) in [5, 5.41) is 6.27. The van der Waals surface area contributed by atoms with Gasteiger partial charge in [0, 0.05) is 13.0 Å². The van der Waals surface area contributed by atoms with Gasteiger partial charge in [0.15, 0.2) is 0 Å². The fraction of sp³-hybridized carbons (Fsp3) is 0.562. The van der Waals surface area contributed by atoms with E-state index in [-0.39, 0.29) is 23.9 Å². The molecule has 1 amide bonds. The SMILES string of the molecule is CNCCC(=O)NC1(c2ccc(OC)cc2)CCCC1.Cl. The molecule has 0 bridgehead atoms. The second kappa shape index (κ2) is 8.25. The molecule has 0 spiro atoms. The lowest BCUT2D eigenvalue weighted by Gasteiger charge is -2.31. The summed E-state index contributed by atoms with van der Waals surface area (Å²) < 4.78 is 5.20. The van der Waals surface area contributed by atoms with Crippen LogP contribution in [-0.2, 0) is 10.3 Å². The molecule has 0 atom stereocenters. The van der Waals surface area contributed by atoms with Crippen LogP contribution in [-0.4, -0.2) is 26.6 Å². The van der Waals surface area contributed by atoms with Crippen LogP contribution in [0.4, 0.5) is 0 Å². The Morgan fingerprint density at radius 1 is 1.24 bits per heavy atom. The van der Waals surface area contributed by atoms with Crippen molar-refractivity contribution >= 4 is 18.3 Å². The number of halogens is 1. The van der Waals surface area contributed by atoms with Gasteiger partial charge in [-0.1, -0.05) is 25.0 Å². The fourth-order valence-corrected chi connectivity index (χ4v) is 2.94. The maximum Gasteiger partial charge on any atom is 0.221 e. The Morgan fingerprint density at radius 3 is 2.38 bits per heavy atom. The number of carbonyl (C=O) groups is 1. The van der Waals surface area contributed by atoms with E-state index in [1.165, 1.54) is 18.4 Å². The van der Waals surface area contributed by atoms with Crippen LogP contribution in [0.1, 0.15) is 37.7 Å². The normalized spacial score (nSPS) is 16.1. The first-order valence-electron chi connectivity index (χ1n) is 7.30. The Labute approximate surface area is 133 Å². The fourth-order valence-electron chi connectivity index (χ4n) is 2.94. The summed E-state index contributed by atoms with van der Waals surface area (Å²) in [4.78, 5) is 12.1. The molecule has 0 saturated heterocycles. The Morgan fingerprint density at radius 2 is 1.86 bits per heavy atom. The van der Waals surface area contributed by atoms with E-state index in [1.807, 2.05) is 19.2 Å². The van der Waals surface area contributed by atoms with Crippen LogP contribution in [0.5, 0.6) is 5.75 Å². The maximum atomic E-state index is 12.1. The summed E-state index contributed by atoms with van der Waals surface area (Å²) in [6.07, 6.45) is 4.89. The zero-order chi connectivity index (χ0) is 14.4. The molecule has 1 aromatic rings. The molecule has 0 heterocycles. The molecule has 5 heteroatoms. The van der Waals surface area contributed by atoms with Crippen molar-refractivity contribution in [1.82, 2.24) is 10.6 Å². The van der Waals surface area contributed by atoms with Crippen LogP contribution in [0, 0.1) is 0 Å². The summed E-state index contributed by atoms with van der Waals surface area (Å²) in [7, 11) is 3.53. The molecule has 1 saturated carbocycles. The predicted octanol–water partition coefficient (Wildman–Crippen LogP) is 2.61. The van der Waals surface area contributed by atoms with Crippen molar-refractivity contribution in [1.29, 1.82) is 0 Å². The largest absolute Gasteiger partial charge is 0.497 e. The van der Waals surface area contributed by atoms with Crippen LogP contribution in [0.25, 0.3) is 0 Å². The molecule has 1 fully saturated rings. The average Bonchev–Trinajstić information content (AvgIpc) is 2.95. The molecule has 1 aromatic carbocycles. The number of ether oxygens (including phenoxy) is 1. The molecule has 2 rings (SSSR count). The summed E-state index contributed by atoms with van der Waals surface area (Å²) in [5.74, 6) is 0.973. The van der Waals surface area contributed by atoms with E-state index in [0.29, 0.717) is 13.0 Å². The summed E-state index contributed by atoms with van der Waals surface area (Å²) in [5.41, 5.74) is 1.01. The summed E-state index contributed by atoms with van der Waals surface area (Å²) in [6.45, 7) is 0.713. The van der Waals surface area contributed by atoms with Crippen LogP contribution in [0.2, 0.25) is 0 Å². The zero-order valence-electron chi connectivity index (χ0n) is 12.8. The van der Waals surface area contributed by atoms with Crippen molar-refractivity contribution < 1.29 is 9.53 Å². The number of methoxy groups -OCH3 is 1. The average molecular weight is 313 g/mol.